The maximum absolute atomic E-state index is 11.7. The average molecular weight is 396 g/mol. The fourth-order valence-electron chi connectivity index (χ4n) is 2.40. The van der Waals surface area contributed by atoms with Crippen molar-refractivity contribution in [2.75, 3.05) is 0 Å². The first kappa shape index (κ1) is 21.6. The summed E-state index contributed by atoms with van der Waals surface area (Å²) in [6, 6.07) is 13.4. The lowest BCUT2D eigenvalue weighted by atomic mass is 10.1. The van der Waals surface area contributed by atoms with Gasteiger partial charge in [0.2, 0.25) is 11.8 Å². The lowest BCUT2D eigenvalue weighted by Crippen LogP contribution is -2.18. The van der Waals surface area contributed by atoms with Crippen LogP contribution in [0.1, 0.15) is 43.2 Å². The molecule has 0 unspecified atom stereocenters. The molecule has 0 saturated carbocycles. The van der Waals surface area contributed by atoms with Crippen LogP contribution >= 0.6 is 0 Å². The Bertz CT molecular complexity index is 809. The number of benzene rings is 2. The van der Waals surface area contributed by atoms with E-state index in [1.165, 1.54) is 24.6 Å². The molecule has 0 aliphatic heterocycles. The summed E-state index contributed by atoms with van der Waals surface area (Å²) in [6.07, 6.45) is 5.34. The summed E-state index contributed by atoms with van der Waals surface area (Å²) in [7, 11) is 0. The van der Waals surface area contributed by atoms with Gasteiger partial charge < -0.3 is 10.2 Å². The highest BCUT2D eigenvalue weighted by atomic mass is 16.3. The highest BCUT2D eigenvalue weighted by Crippen LogP contribution is 2.13. The number of nitrogens with zero attached hydrogens (tertiary/aromatic N) is 2. The molecule has 29 heavy (non-hydrogen) atoms. The van der Waals surface area contributed by atoms with Crippen LogP contribution < -0.4 is 10.9 Å². The molecule has 0 heterocycles. The van der Waals surface area contributed by atoms with E-state index < -0.39 is 0 Å². The lowest BCUT2D eigenvalue weighted by Gasteiger charge is -2.02. The number of rotatable bonds is 10. The largest absolute Gasteiger partial charge is 0.507 e. The quantitative estimate of drug-likeness (QED) is 0.280. The third kappa shape index (κ3) is 8.25. The van der Waals surface area contributed by atoms with Crippen molar-refractivity contribution in [2.24, 2.45) is 10.2 Å². The smallest absolute Gasteiger partial charge is 0.240 e. The number of carbonyl (C=O) groups is 2. The Morgan fingerprint density at radius 3 is 1.55 bits per heavy atom. The molecule has 0 bridgehead atoms. The summed E-state index contributed by atoms with van der Waals surface area (Å²) in [4.78, 5) is 23.4. The van der Waals surface area contributed by atoms with Crippen molar-refractivity contribution >= 4 is 24.2 Å². The molecule has 0 fully saturated rings. The molecule has 0 spiro atoms. The van der Waals surface area contributed by atoms with Crippen LogP contribution in [0.3, 0.4) is 0 Å². The second-order valence-corrected chi connectivity index (χ2v) is 6.26. The van der Waals surface area contributed by atoms with Crippen LogP contribution in [0, 0.1) is 0 Å². The molecule has 8 nitrogen and oxygen atoms in total. The van der Waals surface area contributed by atoms with Gasteiger partial charge in [0.25, 0.3) is 0 Å². The zero-order chi connectivity index (χ0) is 20.9. The molecule has 0 radical (unpaired) electrons. The van der Waals surface area contributed by atoms with Crippen molar-refractivity contribution < 1.29 is 19.8 Å². The fourth-order valence-corrected chi connectivity index (χ4v) is 2.40. The van der Waals surface area contributed by atoms with Crippen LogP contribution in [0.2, 0.25) is 0 Å². The molecule has 8 heteroatoms. The molecule has 0 aliphatic rings. The minimum Gasteiger partial charge on any atom is -0.507 e. The predicted molar refractivity (Wildman–Crippen MR) is 111 cm³/mol. The number of para-hydroxylation sites is 2. The number of hydrazone groups is 2. The molecule has 152 valence electrons. The molecule has 4 N–H and O–H groups in total. The number of aromatic hydroxyl groups is 2. The highest BCUT2D eigenvalue weighted by molar-refractivity contribution is 5.85. The van der Waals surface area contributed by atoms with Crippen LogP contribution in [0.5, 0.6) is 11.5 Å². The van der Waals surface area contributed by atoms with Gasteiger partial charge in [0, 0.05) is 24.0 Å². The summed E-state index contributed by atoms with van der Waals surface area (Å²) >= 11 is 0. The van der Waals surface area contributed by atoms with Gasteiger partial charge in [0.05, 0.1) is 12.4 Å². The Morgan fingerprint density at radius 1 is 0.724 bits per heavy atom. The third-order valence-electron chi connectivity index (χ3n) is 3.97. The molecule has 0 aliphatic carbocycles. The summed E-state index contributed by atoms with van der Waals surface area (Å²) in [5.74, 6) is -0.274. The lowest BCUT2D eigenvalue weighted by molar-refractivity contribution is -0.121. The van der Waals surface area contributed by atoms with Crippen LogP contribution in [0.4, 0.5) is 0 Å². The van der Waals surface area contributed by atoms with E-state index in [1.54, 1.807) is 36.4 Å². The molecule has 0 saturated heterocycles. The van der Waals surface area contributed by atoms with E-state index in [0.29, 0.717) is 43.2 Å². The Morgan fingerprint density at radius 2 is 1.14 bits per heavy atom. The SMILES string of the molecule is O=C(CCCCCC(=O)N/N=C\c1ccccc1O)N/N=C\c1ccccc1O. The molecular weight excluding hydrogens is 372 g/mol. The first-order valence-corrected chi connectivity index (χ1v) is 9.26. The van der Waals surface area contributed by atoms with Gasteiger partial charge in [-0.25, -0.2) is 10.9 Å². The first-order valence-electron chi connectivity index (χ1n) is 9.26. The monoisotopic (exact) mass is 396 g/mol. The minimum absolute atomic E-state index is 0.0914. The number of phenolic OH excluding ortho intramolecular Hbond substituents is 2. The van der Waals surface area contributed by atoms with Crippen molar-refractivity contribution in [1.82, 2.24) is 10.9 Å². The van der Waals surface area contributed by atoms with Crippen LogP contribution in [-0.2, 0) is 9.59 Å². The van der Waals surface area contributed by atoms with E-state index in [4.69, 9.17) is 0 Å². The van der Waals surface area contributed by atoms with Crippen LogP contribution in [-0.4, -0.2) is 34.5 Å². The van der Waals surface area contributed by atoms with Crippen molar-refractivity contribution in [2.45, 2.75) is 32.1 Å². The number of nitrogens with one attached hydrogen (secondary N) is 2. The van der Waals surface area contributed by atoms with Gasteiger partial charge in [0.15, 0.2) is 0 Å². The van der Waals surface area contributed by atoms with Crippen molar-refractivity contribution in [1.29, 1.82) is 0 Å². The van der Waals surface area contributed by atoms with Gasteiger partial charge in [-0.15, -0.1) is 0 Å². The second-order valence-electron chi connectivity index (χ2n) is 6.26. The Labute approximate surface area is 169 Å². The summed E-state index contributed by atoms with van der Waals surface area (Å²) < 4.78 is 0. The predicted octanol–water partition coefficient (Wildman–Crippen LogP) is 2.65. The van der Waals surface area contributed by atoms with E-state index in [-0.39, 0.29) is 23.3 Å². The molecule has 2 rings (SSSR count). The first-order chi connectivity index (χ1) is 14.1. The Hall–Kier alpha value is -3.68. The number of hydrogen-bond donors (Lipinski definition) is 4. The minimum atomic E-state index is -0.228. The Kier molecular flexibility index (Phi) is 8.88. The zero-order valence-corrected chi connectivity index (χ0v) is 15.9. The van der Waals surface area contributed by atoms with E-state index in [1.807, 2.05) is 0 Å². The maximum atomic E-state index is 11.7. The number of unbranched alkanes of at least 4 members (excludes halogenated alkanes) is 2. The van der Waals surface area contributed by atoms with Gasteiger partial charge in [-0.1, -0.05) is 30.7 Å². The number of amides is 2. The summed E-state index contributed by atoms with van der Waals surface area (Å²) in [5.41, 5.74) is 5.85. The molecule has 0 atom stereocenters. The van der Waals surface area contributed by atoms with E-state index in [0.717, 1.165) is 0 Å². The maximum Gasteiger partial charge on any atom is 0.240 e. The topological polar surface area (TPSA) is 123 Å². The number of hydrogen-bond acceptors (Lipinski definition) is 6. The second kappa shape index (κ2) is 11.9. The average Bonchev–Trinajstić information content (AvgIpc) is 2.70. The van der Waals surface area contributed by atoms with Gasteiger partial charge in [-0.3, -0.25) is 9.59 Å². The van der Waals surface area contributed by atoms with E-state index in [2.05, 4.69) is 21.1 Å². The van der Waals surface area contributed by atoms with Crippen molar-refractivity contribution in [3.63, 3.8) is 0 Å². The van der Waals surface area contributed by atoms with E-state index >= 15 is 0 Å². The fraction of sp³-hybridized carbons (Fsp3) is 0.238. The van der Waals surface area contributed by atoms with Crippen LogP contribution in [0.25, 0.3) is 0 Å². The van der Waals surface area contributed by atoms with Gasteiger partial charge in [-0.2, -0.15) is 10.2 Å². The van der Waals surface area contributed by atoms with Gasteiger partial charge in [-0.05, 0) is 37.1 Å². The third-order valence-corrected chi connectivity index (χ3v) is 3.97. The van der Waals surface area contributed by atoms with Crippen LogP contribution in [0.15, 0.2) is 58.7 Å². The molecule has 2 amide bonds. The van der Waals surface area contributed by atoms with Gasteiger partial charge >= 0.3 is 0 Å². The number of phenols is 2. The highest BCUT2D eigenvalue weighted by Gasteiger charge is 2.03. The summed E-state index contributed by atoms with van der Waals surface area (Å²) in [5, 5.41) is 26.8. The zero-order valence-electron chi connectivity index (χ0n) is 15.9. The summed E-state index contributed by atoms with van der Waals surface area (Å²) in [6.45, 7) is 0. The standard InChI is InChI=1S/C21H24N4O4/c26-18-10-6-4-8-16(18)14-22-24-20(28)12-2-1-3-13-21(29)25-23-15-17-9-5-7-11-19(17)27/h4-11,14-15,26-27H,1-3,12-13H2,(H,24,28)(H,25,29)/b22-14-,23-15-. The van der Waals surface area contributed by atoms with E-state index in [9.17, 15) is 19.8 Å². The number of carbonyl (C=O) groups excluding carboxylic acids is 2. The molecule has 2 aromatic carbocycles. The van der Waals surface area contributed by atoms with Crippen molar-refractivity contribution in [3.05, 3.63) is 59.7 Å². The van der Waals surface area contributed by atoms with Gasteiger partial charge in [0.1, 0.15) is 11.5 Å². The Balaban J connectivity index is 1.56. The van der Waals surface area contributed by atoms with Crippen molar-refractivity contribution in [3.8, 4) is 11.5 Å². The molecular formula is C21H24N4O4. The normalized spacial score (nSPS) is 11.0. The molecule has 2 aromatic rings. The molecule has 0 aromatic heterocycles.